The molecule has 1 amide bonds. The molecule has 1 heterocycles. The average molecular weight is 375 g/mol. The van der Waals surface area contributed by atoms with E-state index in [2.05, 4.69) is 40.6 Å². The van der Waals surface area contributed by atoms with Crippen LogP contribution >= 0.6 is 11.8 Å². The number of nitrogens with zero attached hydrogens (tertiary/aromatic N) is 1. The first-order valence-electron chi connectivity index (χ1n) is 9.21. The molecule has 1 fully saturated rings. The molecule has 0 spiro atoms. The average Bonchev–Trinajstić information content (AvgIpc) is 3.54. The largest absolute Gasteiger partial charge is 0.351 e. The van der Waals surface area contributed by atoms with Crippen LogP contribution in [-0.2, 0) is 11.2 Å². The van der Waals surface area contributed by atoms with Gasteiger partial charge in [0.05, 0.1) is 0 Å². The van der Waals surface area contributed by atoms with Crippen molar-refractivity contribution in [2.24, 2.45) is 0 Å². The molecule has 1 aliphatic carbocycles. The van der Waals surface area contributed by atoms with Crippen LogP contribution in [0.4, 0.5) is 0 Å². The van der Waals surface area contributed by atoms with Gasteiger partial charge in [0.2, 0.25) is 0 Å². The van der Waals surface area contributed by atoms with Gasteiger partial charge >= 0.3 is 0 Å². The Morgan fingerprint density at radius 1 is 1.00 bits per heavy atom. The topological polar surface area (TPSA) is 42.0 Å². The van der Waals surface area contributed by atoms with Gasteiger partial charge in [-0.15, -0.1) is 11.8 Å². The highest BCUT2D eigenvalue weighted by Crippen LogP contribution is 2.47. The van der Waals surface area contributed by atoms with E-state index in [0.717, 1.165) is 23.5 Å². The monoisotopic (exact) mass is 374 g/mol. The standard InChI is InChI=1S/C23H22N2OS/c26-22(25-17-23(12-13-23)20-6-2-1-3-7-20)19-8-10-21(11-9-19)27-16-18-5-4-14-24-15-18/h1-11,14-15H,12-13,16-17H2,(H,25,26). The zero-order chi connectivity index (χ0) is 18.5. The third-order valence-electron chi connectivity index (χ3n) is 5.07. The number of benzene rings is 2. The van der Waals surface area contributed by atoms with E-state index in [-0.39, 0.29) is 11.3 Å². The summed E-state index contributed by atoms with van der Waals surface area (Å²) in [6, 6.07) is 22.4. The third kappa shape index (κ3) is 4.40. The molecule has 1 aliphatic rings. The molecule has 0 unspecified atom stereocenters. The first-order valence-corrected chi connectivity index (χ1v) is 10.2. The Labute approximate surface area is 164 Å². The highest BCUT2D eigenvalue weighted by atomic mass is 32.2. The van der Waals surface area contributed by atoms with Gasteiger partial charge < -0.3 is 5.32 Å². The molecule has 2 aromatic carbocycles. The Balaban J connectivity index is 1.32. The van der Waals surface area contributed by atoms with Crippen LogP contribution in [0.3, 0.4) is 0 Å². The molecule has 1 N–H and O–H groups in total. The first kappa shape index (κ1) is 17.8. The number of aromatic nitrogens is 1. The maximum Gasteiger partial charge on any atom is 0.251 e. The van der Waals surface area contributed by atoms with Gasteiger partial charge in [-0.05, 0) is 54.3 Å². The van der Waals surface area contributed by atoms with Crippen molar-refractivity contribution >= 4 is 17.7 Å². The van der Waals surface area contributed by atoms with Crippen molar-refractivity contribution in [2.45, 2.75) is 28.9 Å². The molecule has 27 heavy (non-hydrogen) atoms. The van der Waals surface area contributed by atoms with Crippen LogP contribution < -0.4 is 5.32 Å². The first-order chi connectivity index (χ1) is 13.3. The predicted octanol–water partition coefficient (Wildman–Crippen LogP) is 4.84. The summed E-state index contributed by atoms with van der Waals surface area (Å²) >= 11 is 1.75. The Morgan fingerprint density at radius 3 is 2.44 bits per heavy atom. The number of hydrogen-bond acceptors (Lipinski definition) is 3. The summed E-state index contributed by atoms with van der Waals surface area (Å²) in [6.07, 6.45) is 5.95. The minimum atomic E-state index is 0.000940. The quantitative estimate of drug-likeness (QED) is 0.602. The van der Waals surface area contributed by atoms with Crippen molar-refractivity contribution < 1.29 is 4.79 Å². The zero-order valence-electron chi connectivity index (χ0n) is 15.1. The van der Waals surface area contributed by atoms with Crippen molar-refractivity contribution in [1.82, 2.24) is 10.3 Å². The van der Waals surface area contributed by atoms with Crippen molar-refractivity contribution in [3.05, 3.63) is 95.8 Å². The fourth-order valence-electron chi connectivity index (χ4n) is 3.21. The second-order valence-corrected chi connectivity index (χ2v) is 8.05. The van der Waals surface area contributed by atoms with Crippen LogP contribution in [0.25, 0.3) is 0 Å². The fraction of sp³-hybridized carbons (Fsp3) is 0.217. The van der Waals surface area contributed by atoms with Gasteiger partial charge in [0.1, 0.15) is 0 Å². The van der Waals surface area contributed by atoms with Crippen LogP contribution in [0.1, 0.15) is 34.3 Å². The lowest BCUT2D eigenvalue weighted by Crippen LogP contribution is -2.32. The minimum Gasteiger partial charge on any atom is -0.351 e. The molecule has 1 aromatic heterocycles. The van der Waals surface area contributed by atoms with Crippen molar-refractivity contribution in [2.75, 3.05) is 6.54 Å². The van der Waals surface area contributed by atoms with Crippen LogP contribution in [0.2, 0.25) is 0 Å². The number of hydrogen-bond donors (Lipinski definition) is 1. The van der Waals surface area contributed by atoms with Crippen molar-refractivity contribution in [1.29, 1.82) is 0 Å². The van der Waals surface area contributed by atoms with Crippen LogP contribution in [-0.4, -0.2) is 17.4 Å². The molecule has 4 heteroatoms. The van der Waals surface area contributed by atoms with Gasteiger partial charge in [-0.2, -0.15) is 0 Å². The summed E-state index contributed by atoms with van der Waals surface area (Å²) < 4.78 is 0. The lowest BCUT2D eigenvalue weighted by atomic mass is 9.96. The summed E-state index contributed by atoms with van der Waals surface area (Å²) in [5, 5.41) is 3.12. The number of nitrogens with one attached hydrogen (secondary N) is 1. The molecule has 0 bridgehead atoms. The molecule has 4 rings (SSSR count). The summed E-state index contributed by atoms with van der Waals surface area (Å²) in [6.45, 7) is 0.702. The van der Waals surface area contributed by atoms with E-state index in [4.69, 9.17) is 0 Å². The smallest absolute Gasteiger partial charge is 0.251 e. The Morgan fingerprint density at radius 2 is 1.78 bits per heavy atom. The predicted molar refractivity (Wildman–Crippen MR) is 110 cm³/mol. The van der Waals surface area contributed by atoms with Crippen molar-refractivity contribution in [3.63, 3.8) is 0 Å². The number of pyridine rings is 1. The molecule has 136 valence electrons. The van der Waals surface area contributed by atoms with Crippen LogP contribution in [0, 0.1) is 0 Å². The lowest BCUT2D eigenvalue weighted by molar-refractivity contribution is 0.0949. The molecule has 1 saturated carbocycles. The molecular weight excluding hydrogens is 352 g/mol. The number of thioether (sulfide) groups is 1. The third-order valence-corrected chi connectivity index (χ3v) is 6.16. The number of rotatable bonds is 7. The van der Waals surface area contributed by atoms with E-state index >= 15 is 0 Å². The van der Waals surface area contributed by atoms with E-state index in [9.17, 15) is 4.79 Å². The van der Waals surface area contributed by atoms with E-state index in [1.165, 1.54) is 11.1 Å². The summed E-state index contributed by atoms with van der Waals surface area (Å²) in [5.41, 5.74) is 3.37. The summed E-state index contributed by atoms with van der Waals surface area (Å²) in [5.74, 6) is 0.875. The molecule has 0 radical (unpaired) electrons. The minimum absolute atomic E-state index is 0.000940. The fourth-order valence-corrected chi connectivity index (χ4v) is 4.05. The van der Waals surface area contributed by atoms with Crippen LogP contribution in [0.5, 0.6) is 0 Å². The van der Waals surface area contributed by atoms with Gasteiger partial charge in [0.15, 0.2) is 0 Å². The van der Waals surface area contributed by atoms with Gasteiger partial charge in [0.25, 0.3) is 5.91 Å². The Kier molecular flexibility index (Phi) is 5.26. The molecular formula is C23H22N2OS. The number of carbonyl (C=O) groups is 1. The molecule has 3 nitrogen and oxygen atoms in total. The molecule has 0 aliphatic heterocycles. The van der Waals surface area contributed by atoms with Crippen LogP contribution in [0.15, 0.2) is 84.0 Å². The van der Waals surface area contributed by atoms with Gasteiger partial charge in [-0.25, -0.2) is 0 Å². The summed E-state index contributed by atoms with van der Waals surface area (Å²) in [7, 11) is 0. The van der Waals surface area contributed by atoms with E-state index in [1.807, 2.05) is 42.6 Å². The summed E-state index contributed by atoms with van der Waals surface area (Å²) in [4.78, 5) is 17.8. The van der Waals surface area contributed by atoms with E-state index in [0.29, 0.717) is 12.1 Å². The maximum absolute atomic E-state index is 12.5. The van der Waals surface area contributed by atoms with Gasteiger partial charge in [-0.3, -0.25) is 9.78 Å². The maximum atomic E-state index is 12.5. The Bertz CT molecular complexity index is 891. The van der Waals surface area contributed by atoms with E-state index < -0.39 is 0 Å². The second-order valence-electron chi connectivity index (χ2n) is 7.00. The van der Waals surface area contributed by atoms with Crippen molar-refractivity contribution in [3.8, 4) is 0 Å². The van der Waals surface area contributed by atoms with E-state index in [1.54, 1.807) is 18.0 Å². The lowest BCUT2D eigenvalue weighted by Gasteiger charge is -2.16. The normalized spacial score (nSPS) is 14.5. The number of amides is 1. The number of carbonyl (C=O) groups excluding carboxylic acids is 1. The van der Waals surface area contributed by atoms with Gasteiger partial charge in [-0.1, -0.05) is 36.4 Å². The highest BCUT2D eigenvalue weighted by Gasteiger charge is 2.44. The highest BCUT2D eigenvalue weighted by molar-refractivity contribution is 7.98. The SMILES string of the molecule is O=C(NCC1(c2ccccc2)CC1)c1ccc(SCc2cccnc2)cc1. The van der Waals surface area contributed by atoms with Gasteiger partial charge in [0, 0.05) is 40.6 Å². The molecule has 0 atom stereocenters. The zero-order valence-corrected chi connectivity index (χ0v) is 15.9. The molecule has 0 saturated heterocycles. The Hall–Kier alpha value is -2.59. The second kappa shape index (κ2) is 7.97. The molecule has 3 aromatic rings.